The molecule has 4 rings (SSSR count). The number of para-hydroxylation sites is 2. The van der Waals surface area contributed by atoms with Crippen LogP contribution in [0.5, 0.6) is 0 Å². The van der Waals surface area contributed by atoms with E-state index in [1.165, 1.54) is 35.3 Å². The second kappa shape index (κ2) is 11.8. The lowest BCUT2D eigenvalue weighted by Crippen LogP contribution is -2.45. The van der Waals surface area contributed by atoms with Gasteiger partial charge < -0.3 is 9.80 Å². The van der Waals surface area contributed by atoms with Crippen molar-refractivity contribution in [3.63, 3.8) is 0 Å². The van der Waals surface area contributed by atoms with Crippen LogP contribution >= 0.6 is 0 Å². The maximum atomic E-state index is 2.41. The summed E-state index contributed by atoms with van der Waals surface area (Å²) in [7, 11) is 4.40. The summed E-state index contributed by atoms with van der Waals surface area (Å²) < 4.78 is 0. The second-order valence-corrected chi connectivity index (χ2v) is 10.1. The van der Waals surface area contributed by atoms with Crippen molar-refractivity contribution in [3.8, 4) is 0 Å². The van der Waals surface area contributed by atoms with Crippen molar-refractivity contribution in [2.24, 2.45) is 0 Å². The molecule has 0 saturated carbocycles. The number of benzene rings is 2. The van der Waals surface area contributed by atoms with Crippen molar-refractivity contribution < 1.29 is 0 Å². The summed E-state index contributed by atoms with van der Waals surface area (Å²) >= 11 is 0. The van der Waals surface area contributed by atoms with E-state index in [2.05, 4.69) is 114 Å². The second-order valence-electron chi connectivity index (χ2n) is 10.1. The molecule has 180 valence electrons. The van der Waals surface area contributed by atoms with Gasteiger partial charge in [0, 0.05) is 36.5 Å². The van der Waals surface area contributed by atoms with Crippen molar-refractivity contribution in [2.75, 3.05) is 23.9 Å². The number of hydrogen-bond donors (Lipinski definition) is 0. The van der Waals surface area contributed by atoms with Gasteiger partial charge in [-0.2, -0.15) is 0 Å². The average Bonchev–Trinajstić information content (AvgIpc) is 2.79. The quantitative estimate of drug-likeness (QED) is 0.405. The Morgan fingerprint density at radius 2 is 0.875 bits per heavy atom. The van der Waals surface area contributed by atoms with E-state index in [1.807, 2.05) is 27.7 Å². The van der Waals surface area contributed by atoms with Gasteiger partial charge in [-0.05, 0) is 75.6 Å². The number of anilines is 2. The maximum Gasteiger partial charge on any atom is 0.0403 e. The van der Waals surface area contributed by atoms with Gasteiger partial charge in [0.1, 0.15) is 0 Å². The van der Waals surface area contributed by atoms with Crippen molar-refractivity contribution >= 4 is 11.4 Å². The monoisotopic (exact) mass is 438 g/mol. The van der Waals surface area contributed by atoms with Gasteiger partial charge in [-0.3, -0.25) is 0 Å². The van der Waals surface area contributed by atoms with Gasteiger partial charge in [0.05, 0.1) is 0 Å². The summed E-state index contributed by atoms with van der Waals surface area (Å²) in [6.45, 7) is 21.9. The maximum absolute atomic E-state index is 2.41. The SMILES string of the molecule is CC.CC.C[C@@H]1CC(C)(C)N(C)c2ccccc21.C[C@H]1CC(C)(C)N(C)c2ccccc21. The zero-order chi connectivity index (χ0) is 24.7. The molecule has 2 heterocycles. The topological polar surface area (TPSA) is 6.48 Å². The van der Waals surface area contributed by atoms with Gasteiger partial charge in [-0.1, -0.05) is 77.9 Å². The number of fused-ring (bicyclic) bond motifs is 2. The van der Waals surface area contributed by atoms with Crippen LogP contribution in [0.4, 0.5) is 11.4 Å². The van der Waals surface area contributed by atoms with Crippen molar-refractivity contribution in [1.29, 1.82) is 0 Å². The lowest BCUT2D eigenvalue weighted by atomic mass is 9.80. The Morgan fingerprint density at radius 1 is 0.594 bits per heavy atom. The minimum Gasteiger partial charge on any atom is -0.369 e. The van der Waals surface area contributed by atoms with Crippen LogP contribution in [0.3, 0.4) is 0 Å². The van der Waals surface area contributed by atoms with Crippen molar-refractivity contribution in [2.45, 2.75) is 105 Å². The van der Waals surface area contributed by atoms with Crippen molar-refractivity contribution in [3.05, 3.63) is 59.7 Å². The highest BCUT2D eigenvalue weighted by Gasteiger charge is 2.34. The molecule has 0 fully saturated rings. The molecule has 32 heavy (non-hydrogen) atoms. The van der Waals surface area contributed by atoms with E-state index in [0.717, 1.165) is 0 Å². The summed E-state index contributed by atoms with van der Waals surface area (Å²) in [5, 5.41) is 0. The molecule has 0 bridgehead atoms. The van der Waals surface area contributed by atoms with E-state index in [1.54, 1.807) is 0 Å². The summed E-state index contributed by atoms with van der Waals surface area (Å²) in [6.07, 6.45) is 2.47. The summed E-state index contributed by atoms with van der Waals surface area (Å²) in [5.74, 6) is 1.36. The Morgan fingerprint density at radius 3 is 1.19 bits per heavy atom. The molecule has 0 N–H and O–H groups in total. The molecule has 2 aromatic rings. The molecule has 0 saturated heterocycles. The molecule has 0 spiro atoms. The van der Waals surface area contributed by atoms with Crippen LogP contribution in [-0.2, 0) is 0 Å². The molecule has 0 aliphatic carbocycles. The smallest absolute Gasteiger partial charge is 0.0403 e. The van der Waals surface area contributed by atoms with Crippen LogP contribution in [0.15, 0.2) is 48.5 Å². The predicted molar refractivity (Wildman–Crippen MR) is 147 cm³/mol. The molecule has 2 heteroatoms. The standard InChI is InChI=1S/2C13H19N.2C2H6/c2*1-10-9-13(2,3)14(4)12-8-6-5-7-11(10)12;2*1-2/h2*5-8,10H,9H2,1-4H3;2*1-2H3/t2*10-;;/m10../s1. The number of rotatable bonds is 0. The first-order valence-corrected chi connectivity index (χ1v) is 12.7. The number of hydrogen-bond acceptors (Lipinski definition) is 2. The molecular weight excluding hydrogens is 388 g/mol. The highest BCUT2D eigenvalue weighted by atomic mass is 15.2. The summed E-state index contributed by atoms with van der Waals surface area (Å²) in [6, 6.07) is 17.5. The van der Waals surface area contributed by atoms with E-state index < -0.39 is 0 Å². The number of nitrogens with zero attached hydrogens (tertiary/aromatic N) is 2. The van der Waals surface area contributed by atoms with E-state index >= 15 is 0 Å². The Hall–Kier alpha value is -1.96. The highest BCUT2D eigenvalue weighted by molar-refractivity contribution is 5.59. The lowest BCUT2D eigenvalue weighted by molar-refractivity contribution is 0.395. The van der Waals surface area contributed by atoms with Crippen LogP contribution in [0, 0.1) is 0 Å². The Labute approximate surface area is 200 Å². The molecule has 2 aliphatic heterocycles. The minimum atomic E-state index is 0.285. The molecule has 2 atom stereocenters. The third-order valence-corrected chi connectivity index (χ3v) is 7.09. The van der Waals surface area contributed by atoms with Crippen LogP contribution < -0.4 is 9.80 Å². The molecule has 0 aromatic heterocycles. The van der Waals surface area contributed by atoms with Crippen LogP contribution in [-0.4, -0.2) is 25.2 Å². The molecule has 2 nitrogen and oxygen atoms in total. The molecule has 0 unspecified atom stereocenters. The Balaban J connectivity index is 0.000000277. The van der Waals surface area contributed by atoms with Gasteiger partial charge in [0.15, 0.2) is 0 Å². The normalized spacial score (nSPS) is 21.9. The van der Waals surface area contributed by atoms with Crippen LogP contribution in [0.1, 0.15) is 105 Å². The summed E-state index contributed by atoms with van der Waals surface area (Å²) in [5.41, 5.74) is 6.36. The fourth-order valence-electron chi connectivity index (χ4n) is 5.06. The molecule has 0 radical (unpaired) electrons. The average molecular weight is 439 g/mol. The van der Waals surface area contributed by atoms with Gasteiger partial charge in [0.25, 0.3) is 0 Å². The van der Waals surface area contributed by atoms with Gasteiger partial charge in [-0.15, -0.1) is 0 Å². The van der Waals surface area contributed by atoms with E-state index in [0.29, 0.717) is 11.8 Å². The van der Waals surface area contributed by atoms with Gasteiger partial charge >= 0.3 is 0 Å². The van der Waals surface area contributed by atoms with Crippen LogP contribution in [0.2, 0.25) is 0 Å². The van der Waals surface area contributed by atoms with Crippen molar-refractivity contribution in [1.82, 2.24) is 0 Å². The van der Waals surface area contributed by atoms with E-state index in [9.17, 15) is 0 Å². The fraction of sp³-hybridized carbons (Fsp3) is 0.600. The van der Waals surface area contributed by atoms with E-state index in [4.69, 9.17) is 0 Å². The first kappa shape index (κ1) is 28.1. The molecule has 2 aromatic carbocycles. The first-order chi connectivity index (χ1) is 15.0. The lowest BCUT2D eigenvalue weighted by Gasteiger charge is -2.45. The highest BCUT2D eigenvalue weighted by Crippen LogP contribution is 2.42. The van der Waals surface area contributed by atoms with Gasteiger partial charge in [-0.25, -0.2) is 0 Å². The summed E-state index contributed by atoms with van der Waals surface area (Å²) in [4.78, 5) is 4.81. The fourth-order valence-corrected chi connectivity index (χ4v) is 5.06. The molecular formula is C30H50N2. The largest absolute Gasteiger partial charge is 0.369 e. The Kier molecular flexibility index (Phi) is 10.3. The third kappa shape index (κ3) is 6.09. The zero-order valence-electron chi connectivity index (χ0n) is 23.1. The molecule has 0 amide bonds. The zero-order valence-corrected chi connectivity index (χ0v) is 23.1. The predicted octanol–water partition coefficient (Wildman–Crippen LogP) is 8.87. The first-order valence-electron chi connectivity index (χ1n) is 12.7. The Bertz CT molecular complexity index is 752. The molecule has 2 aliphatic rings. The van der Waals surface area contributed by atoms with E-state index in [-0.39, 0.29) is 11.1 Å². The van der Waals surface area contributed by atoms with Crippen LogP contribution in [0.25, 0.3) is 0 Å². The minimum absolute atomic E-state index is 0.285. The third-order valence-electron chi connectivity index (χ3n) is 7.09. The van der Waals surface area contributed by atoms with Gasteiger partial charge in [0.2, 0.25) is 0 Å².